The van der Waals surface area contributed by atoms with Gasteiger partial charge in [0.05, 0.1) is 0 Å². The van der Waals surface area contributed by atoms with Crippen LogP contribution in [0.2, 0.25) is 0 Å². The molecule has 1 heterocycles. The van der Waals surface area contributed by atoms with E-state index in [0.29, 0.717) is 5.56 Å². The van der Waals surface area contributed by atoms with Gasteiger partial charge < -0.3 is 19.0 Å². The van der Waals surface area contributed by atoms with Crippen molar-refractivity contribution in [3.05, 3.63) is 22.3 Å². The van der Waals surface area contributed by atoms with Crippen molar-refractivity contribution in [2.45, 2.75) is 132 Å². The third-order valence-electron chi connectivity index (χ3n) is 8.04. The summed E-state index contributed by atoms with van der Waals surface area (Å²) in [7, 11) is -4.86. The maximum atomic E-state index is 11.4. The third kappa shape index (κ3) is 10.6. The van der Waals surface area contributed by atoms with Gasteiger partial charge in [0.15, 0.2) is 0 Å². The van der Waals surface area contributed by atoms with Crippen LogP contribution in [0, 0.1) is 38.5 Å². The Morgan fingerprint density at radius 3 is 2.00 bits per heavy atom. The van der Waals surface area contributed by atoms with Gasteiger partial charge in [-0.3, -0.25) is 4.57 Å². The zero-order valence-electron chi connectivity index (χ0n) is 24.5. The Kier molecular flexibility index (Phi) is 14.1. The van der Waals surface area contributed by atoms with Gasteiger partial charge in [0.25, 0.3) is 0 Å². The number of hydrogen-bond donors (Lipinski definition) is 1. The van der Waals surface area contributed by atoms with Crippen molar-refractivity contribution in [2.24, 2.45) is 17.8 Å². The standard InChI is InChI=1S/C29H51O5P.Na/c1-20(2)12-9-13-21(3)14-10-15-22(4)16-11-18-29(8)19-17-26-25(7)27(34-35(30,31)32)23(5)24(6)28(26)33-29;/h20-22H,9-19H2,1-8H3,(H2,30,31,32);/q;+1/p-1/t21-,22-,29-;/m1./s1. The van der Waals surface area contributed by atoms with E-state index in [-0.39, 0.29) is 40.9 Å². The first-order valence-corrected chi connectivity index (χ1v) is 15.3. The summed E-state index contributed by atoms with van der Waals surface area (Å²) in [5.74, 6) is 3.50. The average Bonchev–Trinajstić information content (AvgIpc) is 2.74. The first kappa shape index (κ1) is 34.0. The molecule has 0 spiro atoms. The number of phosphoric acid groups is 1. The van der Waals surface area contributed by atoms with Gasteiger partial charge in [-0.05, 0) is 87.8 Å². The second kappa shape index (κ2) is 14.9. The van der Waals surface area contributed by atoms with E-state index in [1.54, 1.807) is 0 Å². The Hall–Kier alpha value is -0.0300. The van der Waals surface area contributed by atoms with Crippen LogP contribution in [-0.4, -0.2) is 10.5 Å². The number of ether oxygens (including phenoxy) is 1. The minimum absolute atomic E-state index is 0. The fourth-order valence-corrected chi connectivity index (χ4v) is 6.02. The molecule has 0 amide bonds. The van der Waals surface area contributed by atoms with Crippen molar-refractivity contribution < 1.29 is 53.2 Å². The summed E-state index contributed by atoms with van der Waals surface area (Å²) in [6.07, 6.45) is 13.2. The Bertz CT molecular complexity index is 881. The summed E-state index contributed by atoms with van der Waals surface area (Å²) < 4.78 is 22.9. The molecule has 1 aromatic rings. The molecule has 1 aromatic carbocycles. The van der Waals surface area contributed by atoms with E-state index in [4.69, 9.17) is 9.26 Å². The molecule has 1 unspecified atom stereocenters. The summed E-state index contributed by atoms with van der Waals surface area (Å²) in [5, 5.41) is 0. The minimum Gasteiger partial charge on any atom is -0.746 e. The maximum absolute atomic E-state index is 11.4. The van der Waals surface area contributed by atoms with Crippen molar-refractivity contribution in [1.29, 1.82) is 0 Å². The molecule has 7 heteroatoms. The molecule has 1 aliphatic rings. The summed E-state index contributed by atoms with van der Waals surface area (Å²) in [5.41, 5.74) is 3.10. The first-order chi connectivity index (χ1) is 16.2. The summed E-state index contributed by atoms with van der Waals surface area (Å²) >= 11 is 0. The molecule has 1 aliphatic heterocycles. The summed E-state index contributed by atoms with van der Waals surface area (Å²) in [6, 6.07) is 0. The second-order valence-electron chi connectivity index (χ2n) is 12.0. The van der Waals surface area contributed by atoms with Crippen LogP contribution in [0.5, 0.6) is 11.5 Å². The van der Waals surface area contributed by atoms with Gasteiger partial charge in [0, 0.05) is 5.56 Å². The molecule has 0 bridgehead atoms. The van der Waals surface area contributed by atoms with E-state index in [1.165, 1.54) is 44.9 Å². The Morgan fingerprint density at radius 1 is 0.944 bits per heavy atom. The normalized spacial score (nSPS) is 20.6. The van der Waals surface area contributed by atoms with Gasteiger partial charge >= 0.3 is 37.4 Å². The van der Waals surface area contributed by atoms with Crippen molar-refractivity contribution >= 4 is 7.82 Å². The quantitative estimate of drug-likeness (QED) is 0.270. The average molecular weight is 533 g/mol. The molecule has 202 valence electrons. The number of rotatable bonds is 14. The van der Waals surface area contributed by atoms with E-state index in [0.717, 1.165) is 65.9 Å². The largest absolute Gasteiger partial charge is 1.00 e. The molecule has 0 aliphatic carbocycles. The number of benzene rings is 1. The van der Waals surface area contributed by atoms with Crippen LogP contribution in [0.3, 0.4) is 0 Å². The van der Waals surface area contributed by atoms with E-state index in [9.17, 15) is 14.4 Å². The molecule has 0 fully saturated rings. The fraction of sp³-hybridized carbons (Fsp3) is 0.793. The Balaban J connectivity index is 0.00000648. The molecule has 1 N–H and O–H groups in total. The SMILES string of the molecule is Cc1c(C)c2c(c(C)c1OP(=O)([O-])O)CC[C@@](C)(CCC[C@H](C)CCC[C@H](C)CCCC(C)C)O2.[Na+]. The molecule has 0 aromatic heterocycles. The van der Waals surface area contributed by atoms with Crippen LogP contribution in [0.4, 0.5) is 0 Å². The molecule has 2 rings (SSSR count). The van der Waals surface area contributed by atoms with Crippen LogP contribution in [0.15, 0.2) is 0 Å². The Labute approximate surface area is 243 Å². The Morgan fingerprint density at radius 2 is 1.47 bits per heavy atom. The molecule has 0 radical (unpaired) electrons. The van der Waals surface area contributed by atoms with Crippen molar-refractivity contribution in [1.82, 2.24) is 0 Å². The molecule has 4 atom stereocenters. The fourth-order valence-electron chi connectivity index (χ4n) is 5.51. The number of phosphoric ester groups is 1. The van der Waals surface area contributed by atoms with Crippen LogP contribution in [0.25, 0.3) is 0 Å². The van der Waals surface area contributed by atoms with Crippen molar-refractivity contribution in [3.63, 3.8) is 0 Å². The van der Waals surface area contributed by atoms with E-state index in [2.05, 4.69) is 34.6 Å². The molecule has 36 heavy (non-hydrogen) atoms. The van der Waals surface area contributed by atoms with Crippen molar-refractivity contribution in [2.75, 3.05) is 0 Å². The first-order valence-electron chi connectivity index (χ1n) is 13.8. The zero-order chi connectivity index (χ0) is 26.4. The van der Waals surface area contributed by atoms with Crippen LogP contribution in [-0.2, 0) is 11.0 Å². The van der Waals surface area contributed by atoms with Gasteiger partial charge in [0.2, 0.25) is 0 Å². The molecular formula is C29H50NaO5P. The van der Waals surface area contributed by atoms with E-state index in [1.807, 2.05) is 20.8 Å². The summed E-state index contributed by atoms with van der Waals surface area (Å²) in [4.78, 5) is 20.6. The van der Waals surface area contributed by atoms with Crippen molar-refractivity contribution in [3.8, 4) is 11.5 Å². The van der Waals surface area contributed by atoms with Gasteiger partial charge in [-0.2, -0.15) is 0 Å². The van der Waals surface area contributed by atoms with Crippen LogP contribution >= 0.6 is 7.82 Å². The number of fused-ring (bicyclic) bond motifs is 1. The maximum Gasteiger partial charge on any atom is 1.00 e. The van der Waals surface area contributed by atoms with Gasteiger partial charge in [-0.25, -0.2) is 0 Å². The minimum atomic E-state index is -4.86. The van der Waals surface area contributed by atoms with Crippen LogP contribution < -0.4 is 43.7 Å². The second-order valence-corrected chi connectivity index (χ2v) is 13.1. The molecule has 5 nitrogen and oxygen atoms in total. The smallest absolute Gasteiger partial charge is 0.746 e. The van der Waals surface area contributed by atoms with Gasteiger partial charge in [-0.15, -0.1) is 0 Å². The summed E-state index contributed by atoms with van der Waals surface area (Å²) in [6.45, 7) is 17.2. The topological polar surface area (TPSA) is 78.8 Å². The molecular weight excluding hydrogens is 482 g/mol. The van der Waals surface area contributed by atoms with Crippen LogP contribution in [0.1, 0.15) is 121 Å². The van der Waals surface area contributed by atoms with E-state index >= 15 is 0 Å². The third-order valence-corrected chi connectivity index (χ3v) is 8.46. The van der Waals surface area contributed by atoms with E-state index < -0.39 is 7.82 Å². The monoisotopic (exact) mass is 532 g/mol. The van der Waals surface area contributed by atoms with Gasteiger partial charge in [0.1, 0.15) is 17.1 Å². The molecule has 0 saturated heterocycles. The predicted molar refractivity (Wildman–Crippen MR) is 143 cm³/mol. The predicted octanol–water partition coefficient (Wildman–Crippen LogP) is 4.98. The molecule has 0 saturated carbocycles. The zero-order valence-corrected chi connectivity index (χ0v) is 27.4. The number of hydrogen-bond acceptors (Lipinski definition) is 4. The van der Waals surface area contributed by atoms with Gasteiger partial charge in [-0.1, -0.05) is 72.6 Å².